The van der Waals surface area contributed by atoms with E-state index in [1.165, 1.54) is 0 Å². The van der Waals surface area contributed by atoms with Crippen molar-refractivity contribution in [3.63, 3.8) is 0 Å². The number of rotatable bonds is 3. The fraction of sp³-hybridized carbons (Fsp3) is 0.450. The van der Waals surface area contributed by atoms with Crippen LogP contribution in [0.15, 0.2) is 29.6 Å². The van der Waals surface area contributed by atoms with Crippen molar-refractivity contribution in [2.75, 3.05) is 13.1 Å². The van der Waals surface area contributed by atoms with Gasteiger partial charge in [-0.3, -0.25) is 4.79 Å². The van der Waals surface area contributed by atoms with E-state index in [4.69, 9.17) is 10.00 Å². The van der Waals surface area contributed by atoms with Gasteiger partial charge in [-0.1, -0.05) is 20.8 Å². The van der Waals surface area contributed by atoms with Gasteiger partial charge in [0.15, 0.2) is 0 Å². The second-order valence-corrected chi connectivity index (χ2v) is 8.39. The van der Waals surface area contributed by atoms with Gasteiger partial charge in [0, 0.05) is 36.7 Å². The summed E-state index contributed by atoms with van der Waals surface area (Å²) in [4.78, 5) is 19.1. The number of nitriles is 1. The molecular weight excluding hydrogens is 346 g/mol. The largest absolute Gasteiger partial charge is 0.490 e. The Hall–Kier alpha value is -2.39. The van der Waals surface area contributed by atoms with Crippen LogP contribution in [0.5, 0.6) is 5.75 Å². The van der Waals surface area contributed by atoms with E-state index in [0.717, 1.165) is 23.6 Å². The number of likely N-dealkylation sites (tertiary alicyclic amines) is 1. The number of thiazole rings is 1. The molecule has 0 radical (unpaired) electrons. The molecule has 1 aromatic heterocycles. The monoisotopic (exact) mass is 369 g/mol. The number of amides is 1. The van der Waals surface area contributed by atoms with Crippen LogP contribution < -0.4 is 4.74 Å². The lowest BCUT2D eigenvalue weighted by Gasteiger charge is -2.31. The summed E-state index contributed by atoms with van der Waals surface area (Å²) in [6.45, 7) is 7.65. The molecule has 1 saturated heterocycles. The Bertz CT molecular complexity index is 807. The average molecular weight is 369 g/mol. The molecule has 1 aliphatic heterocycles. The summed E-state index contributed by atoms with van der Waals surface area (Å²) >= 11 is 1.55. The molecule has 1 fully saturated rings. The minimum atomic E-state index is -0.0366. The topological polar surface area (TPSA) is 66.2 Å². The number of aromatic nitrogens is 1. The Kier molecular flexibility index (Phi) is 5.28. The Morgan fingerprint density at radius 2 is 1.92 bits per heavy atom. The van der Waals surface area contributed by atoms with Crippen molar-refractivity contribution in [1.82, 2.24) is 9.88 Å². The van der Waals surface area contributed by atoms with E-state index in [9.17, 15) is 4.79 Å². The van der Waals surface area contributed by atoms with Crippen LogP contribution in [0.1, 0.15) is 54.7 Å². The highest BCUT2D eigenvalue weighted by molar-refractivity contribution is 7.10. The van der Waals surface area contributed by atoms with E-state index < -0.39 is 0 Å². The molecule has 136 valence electrons. The molecule has 0 unspecified atom stereocenters. The van der Waals surface area contributed by atoms with E-state index in [0.29, 0.717) is 24.3 Å². The Morgan fingerprint density at radius 1 is 1.27 bits per heavy atom. The lowest BCUT2D eigenvalue weighted by molar-refractivity contribution is 0.0590. The second-order valence-electron chi connectivity index (χ2n) is 7.53. The quantitative estimate of drug-likeness (QED) is 0.820. The Balaban J connectivity index is 1.55. The first-order chi connectivity index (χ1) is 12.4. The molecule has 5 nitrogen and oxygen atoms in total. The van der Waals surface area contributed by atoms with Crippen molar-refractivity contribution in [2.45, 2.75) is 45.1 Å². The molecule has 1 aromatic carbocycles. The fourth-order valence-corrected chi connectivity index (χ4v) is 3.74. The van der Waals surface area contributed by atoms with Crippen LogP contribution in [-0.4, -0.2) is 35.0 Å². The number of hydrogen-bond donors (Lipinski definition) is 0. The maximum Gasteiger partial charge on any atom is 0.273 e. The van der Waals surface area contributed by atoms with Crippen LogP contribution in [0, 0.1) is 11.3 Å². The molecule has 1 amide bonds. The maximum atomic E-state index is 12.7. The van der Waals surface area contributed by atoms with Crippen LogP contribution in [0.2, 0.25) is 0 Å². The smallest absolute Gasteiger partial charge is 0.273 e. The van der Waals surface area contributed by atoms with Crippen molar-refractivity contribution >= 4 is 17.2 Å². The van der Waals surface area contributed by atoms with Gasteiger partial charge in [0.05, 0.1) is 16.6 Å². The van der Waals surface area contributed by atoms with Crippen LogP contribution in [0.4, 0.5) is 0 Å². The summed E-state index contributed by atoms with van der Waals surface area (Å²) in [5.74, 6) is 0.775. The minimum Gasteiger partial charge on any atom is -0.490 e. The fourth-order valence-electron chi connectivity index (χ4n) is 2.86. The minimum absolute atomic E-state index is 0.00794. The number of nitrogens with zero attached hydrogens (tertiary/aromatic N) is 3. The standard InChI is InChI=1S/C20H23N3O2S/c1-20(2,3)19-22-17(13-26-19)18(24)23-10-8-16(9-11-23)25-15-6-4-14(12-21)5-7-15/h4-7,13,16H,8-11H2,1-3H3. The van der Waals surface area contributed by atoms with Gasteiger partial charge in [-0.05, 0) is 24.3 Å². The van der Waals surface area contributed by atoms with Crippen LogP contribution in [0.25, 0.3) is 0 Å². The lowest BCUT2D eigenvalue weighted by Crippen LogP contribution is -2.42. The first-order valence-corrected chi connectivity index (χ1v) is 9.67. The first kappa shape index (κ1) is 18.4. The number of carbonyl (C=O) groups excluding carboxylic acids is 1. The van der Waals surface area contributed by atoms with Crippen molar-refractivity contribution in [1.29, 1.82) is 5.26 Å². The zero-order chi connectivity index (χ0) is 18.7. The molecule has 0 aliphatic carbocycles. The third-order valence-electron chi connectivity index (χ3n) is 4.38. The van der Waals surface area contributed by atoms with E-state index in [-0.39, 0.29) is 17.4 Å². The Morgan fingerprint density at radius 3 is 2.46 bits per heavy atom. The van der Waals surface area contributed by atoms with Crippen molar-refractivity contribution in [3.05, 3.63) is 45.9 Å². The SMILES string of the molecule is CC(C)(C)c1nc(C(=O)N2CCC(Oc3ccc(C#N)cc3)CC2)cs1. The predicted molar refractivity (Wildman–Crippen MR) is 102 cm³/mol. The summed E-state index contributed by atoms with van der Waals surface area (Å²) in [5, 5.41) is 11.7. The molecular formula is C20H23N3O2S. The van der Waals surface area contributed by atoms with E-state index in [1.54, 1.807) is 23.5 Å². The van der Waals surface area contributed by atoms with E-state index >= 15 is 0 Å². The van der Waals surface area contributed by atoms with E-state index in [1.807, 2.05) is 22.4 Å². The van der Waals surface area contributed by atoms with Gasteiger partial charge in [0.25, 0.3) is 5.91 Å². The van der Waals surface area contributed by atoms with Gasteiger partial charge >= 0.3 is 0 Å². The summed E-state index contributed by atoms with van der Waals surface area (Å²) in [7, 11) is 0. The summed E-state index contributed by atoms with van der Waals surface area (Å²) < 4.78 is 5.98. The first-order valence-electron chi connectivity index (χ1n) is 8.79. The molecule has 0 atom stereocenters. The highest BCUT2D eigenvalue weighted by Gasteiger charge is 2.27. The van der Waals surface area contributed by atoms with Crippen LogP contribution >= 0.6 is 11.3 Å². The maximum absolute atomic E-state index is 12.7. The number of hydrogen-bond acceptors (Lipinski definition) is 5. The van der Waals surface area contributed by atoms with Gasteiger partial charge in [-0.2, -0.15) is 5.26 Å². The van der Waals surface area contributed by atoms with Gasteiger partial charge in [-0.15, -0.1) is 11.3 Å². The van der Waals surface area contributed by atoms with Crippen molar-refractivity contribution in [3.8, 4) is 11.8 Å². The van der Waals surface area contributed by atoms with Crippen molar-refractivity contribution < 1.29 is 9.53 Å². The summed E-state index contributed by atoms with van der Waals surface area (Å²) in [5.41, 5.74) is 1.13. The zero-order valence-corrected chi connectivity index (χ0v) is 16.2. The van der Waals surface area contributed by atoms with Crippen LogP contribution in [-0.2, 0) is 5.41 Å². The number of carbonyl (C=O) groups is 1. The Labute approximate surface area is 158 Å². The molecule has 6 heteroatoms. The molecule has 2 heterocycles. The highest BCUT2D eigenvalue weighted by atomic mass is 32.1. The molecule has 26 heavy (non-hydrogen) atoms. The molecule has 3 rings (SSSR count). The molecule has 0 bridgehead atoms. The predicted octanol–water partition coefficient (Wildman–Crippen LogP) is 4.00. The van der Waals surface area contributed by atoms with Crippen molar-refractivity contribution in [2.24, 2.45) is 0 Å². The van der Waals surface area contributed by atoms with Gasteiger partial charge < -0.3 is 9.64 Å². The second kappa shape index (κ2) is 7.46. The third-order valence-corrected chi connectivity index (χ3v) is 5.65. The average Bonchev–Trinajstić information content (AvgIpc) is 3.13. The van der Waals surface area contributed by atoms with Gasteiger partial charge in [0.1, 0.15) is 17.5 Å². The third kappa shape index (κ3) is 4.23. The number of benzene rings is 1. The van der Waals surface area contributed by atoms with Crippen LogP contribution in [0.3, 0.4) is 0 Å². The molecule has 0 N–H and O–H groups in total. The van der Waals surface area contributed by atoms with Gasteiger partial charge in [-0.25, -0.2) is 4.98 Å². The molecule has 0 saturated carbocycles. The lowest BCUT2D eigenvalue weighted by atomic mass is 9.98. The normalized spacial score (nSPS) is 15.5. The molecule has 0 spiro atoms. The van der Waals surface area contributed by atoms with Gasteiger partial charge in [0.2, 0.25) is 0 Å². The molecule has 1 aliphatic rings. The van der Waals surface area contributed by atoms with E-state index in [2.05, 4.69) is 31.8 Å². The number of piperidine rings is 1. The molecule has 2 aromatic rings. The number of ether oxygens (including phenoxy) is 1. The zero-order valence-electron chi connectivity index (χ0n) is 15.4. The highest BCUT2D eigenvalue weighted by Crippen LogP contribution is 2.27. The summed E-state index contributed by atoms with van der Waals surface area (Å²) in [6, 6.07) is 9.24. The summed E-state index contributed by atoms with van der Waals surface area (Å²) in [6.07, 6.45) is 1.68.